The van der Waals surface area contributed by atoms with Crippen LogP contribution in [0.3, 0.4) is 0 Å². The minimum absolute atomic E-state index is 0.0144. The van der Waals surface area contributed by atoms with Gasteiger partial charge in [-0.05, 0) is 101 Å². The molecule has 4 aliphatic rings. The normalized spacial score (nSPS) is 46.6. The lowest BCUT2D eigenvalue weighted by Gasteiger charge is -2.64. The van der Waals surface area contributed by atoms with Crippen LogP contribution in [0.15, 0.2) is 23.8 Å². The van der Waals surface area contributed by atoms with Gasteiger partial charge in [-0.25, -0.2) is 4.79 Å². The second-order valence-corrected chi connectivity index (χ2v) is 10.8. The number of hydrogen-bond donors (Lipinski definition) is 1. The maximum absolute atomic E-state index is 12.7. The van der Waals surface area contributed by atoms with Gasteiger partial charge in [-0.15, -0.1) is 0 Å². The molecule has 4 saturated carbocycles. The van der Waals surface area contributed by atoms with Crippen LogP contribution in [0.2, 0.25) is 0 Å². The molecule has 4 aliphatic carbocycles. The minimum Gasteiger partial charge on any atom is -0.481 e. The Balaban J connectivity index is 1.68. The van der Waals surface area contributed by atoms with Crippen LogP contribution < -0.4 is 0 Å². The highest BCUT2D eigenvalue weighted by Crippen LogP contribution is 2.72. The van der Waals surface area contributed by atoms with Gasteiger partial charge in [0, 0.05) is 5.57 Å². The van der Waals surface area contributed by atoms with Crippen LogP contribution in [0.5, 0.6) is 0 Å². The third-order valence-electron chi connectivity index (χ3n) is 9.68. The first-order valence-corrected chi connectivity index (χ1v) is 11.3. The van der Waals surface area contributed by atoms with Gasteiger partial charge in [0.05, 0.1) is 0 Å². The van der Waals surface area contributed by atoms with Crippen molar-refractivity contribution >= 4 is 11.9 Å². The Morgan fingerprint density at radius 2 is 1.86 bits per heavy atom. The number of hydrogen-bond acceptors (Lipinski definition) is 3. The molecule has 4 nitrogen and oxygen atoms in total. The molecule has 1 spiro atoms. The molecule has 2 unspecified atom stereocenters. The zero-order valence-electron chi connectivity index (χ0n) is 18.4. The summed E-state index contributed by atoms with van der Waals surface area (Å²) in [5.41, 5.74) is 1.25. The molecule has 160 valence electrons. The summed E-state index contributed by atoms with van der Waals surface area (Å²) in [5.74, 6) is 0.0690. The average molecular weight is 401 g/mol. The van der Waals surface area contributed by atoms with E-state index < -0.39 is 17.5 Å². The van der Waals surface area contributed by atoms with Crippen molar-refractivity contribution in [3.8, 4) is 0 Å². The molecule has 0 aliphatic heterocycles. The van der Waals surface area contributed by atoms with Crippen molar-refractivity contribution in [3.63, 3.8) is 0 Å². The van der Waals surface area contributed by atoms with E-state index in [1.54, 1.807) is 19.9 Å². The van der Waals surface area contributed by atoms with Crippen LogP contribution in [0, 0.1) is 34.0 Å². The Morgan fingerprint density at radius 3 is 2.52 bits per heavy atom. The maximum atomic E-state index is 12.7. The number of carbonyl (C=O) groups is 2. The number of carboxylic acid groups (broad SMARTS) is 1. The molecule has 29 heavy (non-hydrogen) atoms. The predicted molar refractivity (Wildman–Crippen MR) is 112 cm³/mol. The van der Waals surface area contributed by atoms with Gasteiger partial charge in [0.1, 0.15) is 11.5 Å². The van der Waals surface area contributed by atoms with Crippen molar-refractivity contribution in [1.29, 1.82) is 0 Å². The lowest BCUT2D eigenvalue weighted by atomic mass is 9.40. The third-order valence-corrected chi connectivity index (χ3v) is 9.68. The van der Waals surface area contributed by atoms with Gasteiger partial charge < -0.3 is 9.84 Å². The van der Waals surface area contributed by atoms with E-state index in [1.165, 1.54) is 24.8 Å². The van der Waals surface area contributed by atoms with E-state index in [0.29, 0.717) is 29.2 Å². The van der Waals surface area contributed by atoms with Crippen LogP contribution >= 0.6 is 0 Å². The molecule has 2 bridgehead atoms. The second-order valence-electron chi connectivity index (χ2n) is 10.8. The van der Waals surface area contributed by atoms with E-state index in [4.69, 9.17) is 4.74 Å². The van der Waals surface area contributed by atoms with Crippen molar-refractivity contribution in [1.82, 2.24) is 0 Å². The Morgan fingerprint density at radius 1 is 1.14 bits per heavy atom. The molecular weight excluding hydrogens is 364 g/mol. The molecule has 0 aromatic rings. The molecule has 4 heteroatoms. The monoisotopic (exact) mass is 400 g/mol. The summed E-state index contributed by atoms with van der Waals surface area (Å²) in [5, 5.41) is 10.4. The quantitative estimate of drug-likeness (QED) is 0.384. The van der Waals surface area contributed by atoms with E-state index in [2.05, 4.69) is 13.5 Å². The zero-order chi connectivity index (χ0) is 21.2. The molecule has 0 aromatic heterocycles. The number of allylic oxidation sites excluding steroid dienone is 2. The summed E-state index contributed by atoms with van der Waals surface area (Å²) >= 11 is 0. The van der Waals surface area contributed by atoms with Crippen LogP contribution in [0.25, 0.3) is 0 Å². The second kappa shape index (κ2) is 6.72. The van der Waals surface area contributed by atoms with Gasteiger partial charge in [0.15, 0.2) is 0 Å². The van der Waals surface area contributed by atoms with Crippen molar-refractivity contribution in [2.45, 2.75) is 85.2 Å². The van der Waals surface area contributed by atoms with Crippen LogP contribution in [-0.4, -0.2) is 23.1 Å². The summed E-state index contributed by atoms with van der Waals surface area (Å²) in [6.07, 6.45) is 9.51. The van der Waals surface area contributed by atoms with E-state index in [9.17, 15) is 14.7 Å². The molecule has 4 fully saturated rings. The van der Waals surface area contributed by atoms with Gasteiger partial charge in [-0.1, -0.05) is 25.2 Å². The Kier molecular flexibility index (Phi) is 4.79. The molecular formula is C25H36O4. The molecule has 0 heterocycles. The highest BCUT2D eigenvalue weighted by atomic mass is 16.5. The smallest absolute Gasteiger partial charge is 0.333 e. The first-order valence-electron chi connectivity index (χ1n) is 11.3. The van der Waals surface area contributed by atoms with Crippen LogP contribution in [-0.2, 0) is 14.3 Å². The van der Waals surface area contributed by atoms with Gasteiger partial charge in [-0.3, -0.25) is 4.79 Å². The van der Waals surface area contributed by atoms with Gasteiger partial charge >= 0.3 is 11.9 Å². The van der Waals surface area contributed by atoms with Crippen LogP contribution in [0.1, 0.15) is 79.1 Å². The molecule has 0 aromatic carbocycles. The summed E-state index contributed by atoms with van der Waals surface area (Å²) in [6, 6.07) is 0. The number of carboxylic acids is 1. The Bertz CT molecular complexity index is 782. The molecule has 4 rings (SSSR count). The first-order chi connectivity index (χ1) is 13.6. The number of esters is 1. The zero-order valence-corrected chi connectivity index (χ0v) is 18.4. The van der Waals surface area contributed by atoms with Crippen molar-refractivity contribution in [2.75, 3.05) is 0 Å². The fraction of sp³-hybridized carbons (Fsp3) is 0.760. The molecule has 7 atom stereocenters. The SMILES string of the molecule is C=C1C[C@@]23CC[C@H]4[C@@](C)(CCC(OC(=O)/C(C)=C/C)[C@@]4(C)C(=O)O)[C@@H]2CCC1C3. The van der Waals surface area contributed by atoms with Crippen molar-refractivity contribution in [2.24, 2.45) is 34.0 Å². The fourth-order valence-corrected chi connectivity index (χ4v) is 8.06. The highest BCUT2D eigenvalue weighted by molar-refractivity contribution is 5.88. The lowest BCUT2D eigenvalue weighted by molar-refractivity contribution is -0.211. The first kappa shape index (κ1) is 20.7. The van der Waals surface area contributed by atoms with E-state index in [1.807, 2.05) is 6.92 Å². The number of carbonyl (C=O) groups excluding carboxylic acids is 1. The maximum Gasteiger partial charge on any atom is 0.333 e. The molecule has 0 saturated heterocycles. The molecule has 0 amide bonds. The topological polar surface area (TPSA) is 63.6 Å². The van der Waals surface area contributed by atoms with Gasteiger partial charge in [0.25, 0.3) is 0 Å². The summed E-state index contributed by atoms with van der Waals surface area (Å²) in [6.45, 7) is 12.1. The molecule has 1 N–H and O–H groups in total. The summed E-state index contributed by atoms with van der Waals surface area (Å²) in [7, 11) is 0. The molecule has 0 radical (unpaired) electrons. The summed E-state index contributed by atoms with van der Waals surface area (Å²) in [4.78, 5) is 25.1. The van der Waals surface area contributed by atoms with E-state index >= 15 is 0 Å². The Hall–Kier alpha value is -1.58. The fourth-order valence-electron chi connectivity index (χ4n) is 8.06. The third kappa shape index (κ3) is 2.77. The lowest BCUT2D eigenvalue weighted by Crippen LogP contribution is -2.63. The largest absolute Gasteiger partial charge is 0.481 e. The van der Waals surface area contributed by atoms with Crippen LogP contribution in [0.4, 0.5) is 0 Å². The summed E-state index contributed by atoms with van der Waals surface area (Å²) < 4.78 is 5.83. The van der Waals surface area contributed by atoms with Crippen molar-refractivity contribution < 1.29 is 19.4 Å². The Labute approximate surface area is 174 Å². The average Bonchev–Trinajstić information content (AvgIpc) is 2.91. The number of ether oxygens (including phenoxy) is 1. The van der Waals surface area contributed by atoms with E-state index in [0.717, 1.165) is 25.7 Å². The van der Waals surface area contributed by atoms with Gasteiger partial charge in [0.2, 0.25) is 0 Å². The number of fused-ring (bicyclic) bond motifs is 3. The minimum atomic E-state index is -1.04. The standard InChI is InChI=1S/C25H36O4/c1-6-15(2)21(26)29-20-10-11-23(4)18(24(20,5)22(27)28)9-12-25-13-16(3)17(14-25)7-8-19(23)25/h6,17-20H,3,7-14H2,1-2,4-5H3,(H,27,28)/b15-6+/t17?,18-,19-,20?,23+,24-,25+/m0/s1. The predicted octanol–water partition coefficient (Wildman–Crippen LogP) is 5.53. The highest BCUT2D eigenvalue weighted by Gasteiger charge is 2.67. The number of rotatable bonds is 3. The number of aliphatic carboxylic acids is 1. The van der Waals surface area contributed by atoms with Crippen molar-refractivity contribution in [3.05, 3.63) is 23.8 Å². The van der Waals surface area contributed by atoms with Gasteiger partial charge in [-0.2, -0.15) is 0 Å². The van der Waals surface area contributed by atoms with E-state index in [-0.39, 0.29) is 17.3 Å².